The van der Waals surface area contributed by atoms with E-state index in [0.717, 1.165) is 0 Å². The van der Waals surface area contributed by atoms with E-state index >= 15 is 0 Å². The van der Waals surface area contributed by atoms with Crippen LogP contribution in [0.3, 0.4) is 0 Å². The Morgan fingerprint density at radius 2 is 1.82 bits per heavy atom. The number of hydrogen-bond donors (Lipinski definition) is 3. The van der Waals surface area contributed by atoms with Gasteiger partial charge < -0.3 is 19.4 Å². The van der Waals surface area contributed by atoms with Crippen LogP contribution >= 0.6 is 15.4 Å². The van der Waals surface area contributed by atoms with Gasteiger partial charge in [0.15, 0.2) is 0 Å². The van der Waals surface area contributed by atoms with Gasteiger partial charge in [0.25, 0.3) is 0 Å². The molecule has 0 aromatic heterocycles. The van der Waals surface area contributed by atoms with Crippen molar-refractivity contribution in [2.24, 2.45) is 5.92 Å². The first-order chi connectivity index (χ1) is 9.95. The first-order valence-electron chi connectivity index (χ1n) is 6.97. The fraction of sp³-hybridized carbons (Fsp3) is 1.00. The molecule has 1 fully saturated rings. The second-order valence-electron chi connectivity index (χ2n) is 5.73. The van der Waals surface area contributed by atoms with Crippen LogP contribution in [0, 0.1) is 5.92 Å². The molecule has 1 unspecified atom stereocenters. The number of hydrogen-bond acceptors (Lipinski definition) is 5. The lowest BCUT2D eigenvalue weighted by atomic mass is 9.83. The summed E-state index contributed by atoms with van der Waals surface area (Å²) in [5.74, 6) is -0.848. The third kappa shape index (κ3) is 6.42. The largest absolute Gasteiger partial charge is 0.472 e. The molecule has 0 spiro atoms. The molecule has 0 saturated heterocycles. The summed E-state index contributed by atoms with van der Waals surface area (Å²) in [5, 5.41) is 0. The lowest BCUT2D eigenvalue weighted by Gasteiger charge is -2.27. The number of ether oxygens (including phenoxy) is 1. The Balaban J connectivity index is 2.83. The molecule has 1 rings (SSSR count). The Hall–Kier alpha value is 0.285. The molecule has 0 aliphatic heterocycles. The quantitative estimate of drug-likeness (QED) is 0.441. The Bertz CT molecular complexity index is 453. The maximum Gasteiger partial charge on any atom is 0.472 e. The van der Waals surface area contributed by atoms with Crippen LogP contribution in [0.1, 0.15) is 26.7 Å². The highest BCUT2D eigenvalue weighted by atomic mass is 31.2. The molecule has 8 nitrogen and oxygen atoms in total. The van der Waals surface area contributed by atoms with E-state index < -0.39 is 45.5 Å². The summed E-state index contributed by atoms with van der Waals surface area (Å²) in [7, 11) is -1.15. The van der Waals surface area contributed by atoms with E-state index in [1.165, 1.54) is 7.11 Å². The van der Waals surface area contributed by atoms with Crippen molar-refractivity contribution < 1.29 is 37.6 Å². The lowest BCUT2D eigenvalue weighted by Crippen LogP contribution is -2.32. The van der Waals surface area contributed by atoms with E-state index in [2.05, 4.69) is 0 Å². The summed E-state index contributed by atoms with van der Waals surface area (Å²) in [4.78, 5) is 27.7. The zero-order chi connectivity index (χ0) is 17.1. The highest BCUT2D eigenvalue weighted by Crippen LogP contribution is 2.52. The summed E-state index contributed by atoms with van der Waals surface area (Å²) in [6, 6.07) is 0. The average Bonchev–Trinajstić information content (AvgIpc) is 2.59. The van der Waals surface area contributed by atoms with Crippen molar-refractivity contribution in [3.8, 4) is 0 Å². The van der Waals surface area contributed by atoms with Crippen LogP contribution in [0.5, 0.6) is 0 Å². The summed E-state index contributed by atoms with van der Waals surface area (Å²) < 4.78 is 38.2. The minimum atomic E-state index is -4.31. The maximum atomic E-state index is 12.0. The normalized spacial score (nSPS) is 32.3. The van der Waals surface area contributed by atoms with Crippen LogP contribution in [0.25, 0.3) is 0 Å². The van der Waals surface area contributed by atoms with Gasteiger partial charge in [0.2, 0.25) is 0 Å². The highest BCUT2D eigenvalue weighted by molar-refractivity contribution is 7.51. The zero-order valence-electron chi connectivity index (χ0n) is 12.9. The number of rotatable bonds is 8. The third-order valence-corrected chi connectivity index (χ3v) is 5.49. The van der Waals surface area contributed by atoms with Crippen molar-refractivity contribution in [2.75, 3.05) is 13.3 Å². The van der Waals surface area contributed by atoms with Gasteiger partial charge in [0.05, 0.1) is 32.3 Å². The Morgan fingerprint density at radius 1 is 1.23 bits per heavy atom. The average molecular weight is 356 g/mol. The number of phosphoric acid groups is 1. The summed E-state index contributed by atoms with van der Waals surface area (Å²) in [6.45, 7) is 3.18. The highest BCUT2D eigenvalue weighted by Gasteiger charge is 2.46. The second-order valence-corrected chi connectivity index (χ2v) is 8.86. The van der Waals surface area contributed by atoms with Gasteiger partial charge in [-0.2, -0.15) is 0 Å². The van der Waals surface area contributed by atoms with Gasteiger partial charge in [0.1, 0.15) is 0 Å². The van der Waals surface area contributed by atoms with Gasteiger partial charge in [-0.15, -0.1) is 0 Å². The van der Waals surface area contributed by atoms with Crippen molar-refractivity contribution in [1.82, 2.24) is 0 Å². The molecule has 22 heavy (non-hydrogen) atoms. The molecule has 11 heteroatoms. The number of phosphoric ester groups is 1. The zero-order valence-corrected chi connectivity index (χ0v) is 14.7. The summed E-state index contributed by atoms with van der Waals surface area (Å²) in [5.41, 5.74) is 0. The van der Waals surface area contributed by atoms with Crippen molar-refractivity contribution in [3.63, 3.8) is 0 Å². The van der Waals surface area contributed by atoms with E-state index in [0.29, 0.717) is 6.42 Å². The molecule has 0 aromatic carbocycles. The molecule has 1 aliphatic rings. The van der Waals surface area contributed by atoms with Gasteiger partial charge in [-0.3, -0.25) is 13.6 Å². The molecular formula is C11H23BO8P2. The van der Waals surface area contributed by atoms with Gasteiger partial charge >= 0.3 is 15.4 Å². The monoisotopic (exact) mass is 356 g/mol. The third-order valence-electron chi connectivity index (χ3n) is 3.45. The molecule has 0 heterocycles. The van der Waals surface area contributed by atoms with Crippen molar-refractivity contribution >= 4 is 23.3 Å². The van der Waals surface area contributed by atoms with E-state index in [1.54, 1.807) is 13.8 Å². The van der Waals surface area contributed by atoms with Crippen LogP contribution in [0.2, 0.25) is 5.82 Å². The van der Waals surface area contributed by atoms with E-state index in [-0.39, 0.29) is 12.6 Å². The fourth-order valence-corrected chi connectivity index (χ4v) is 4.50. The van der Waals surface area contributed by atoms with Gasteiger partial charge in [-0.1, -0.05) is 6.42 Å². The van der Waals surface area contributed by atoms with Gasteiger partial charge in [-0.05, 0) is 32.0 Å². The fourth-order valence-electron chi connectivity index (χ4n) is 2.65. The Labute approximate surface area is 131 Å². The molecule has 0 aromatic rings. The molecule has 0 bridgehead atoms. The van der Waals surface area contributed by atoms with Crippen molar-refractivity contribution in [2.45, 2.75) is 50.8 Å². The van der Waals surface area contributed by atoms with Crippen LogP contribution in [-0.2, 0) is 22.9 Å². The van der Waals surface area contributed by atoms with Gasteiger partial charge in [0, 0.05) is 7.11 Å². The molecular weight excluding hydrogens is 333 g/mol. The van der Waals surface area contributed by atoms with Crippen LogP contribution in [-0.4, -0.2) is 54.1 Å². The second kappa shape index (κ2) is 7.91. The number of methoxy groups -OCH3 is 1. The smallest absolute Gasteiger partial charge is 0.379 e. The summed E-state index contributed by atoms with van der Waals surface area (Å²) >= 11 is 0. The van der Waals surface area contributed by atoms with Crippen LogP contribution in [0.15, 0.2) is 0 Å². The van der Waals surface area contributed by atoms with Crippen LogP contribution in [0.4, 0.5) is 0 Å². The van der Waals surface area contributed by atoms with Gasteiger partial charge in [-0.25, -0.2) is 4.57 Å². The molecule has 5 atom stereocenters. The molecule has 3 N–H and O–H groups in total. The predicted octanol–water partition coefficient (Wildman–Crippen LogP) is 1.46. The van der Waals surface area contributed by atoms with E-state index in [4.69, 9.17) is 31.4 Å². The maximum absolute atomic E-state index is 12.0. The standard InChI is InChI=1S/C11H23BO8P2/c1-7(2)19-22(16,17)20-10-8(4-5-21(13,14)15)6-9(12)11(10)18-3/h7-11H,4-6H2,1-3H3,(H,16,17)(H2,13,14,15)/t8-,9+,10+,11-/m0/s1. The topological polar surface area (TPSA) is 123 Å². The van der Waals surface area contributed by atoms with E-state index in [9.17, 15) is 14.0 Å². The molecule has 1 aliphatic carbocycles. The molecule has 1 saturated carbocycles. The molecule has 2 radical (unpaired) electrons. The first-order valence-corrected chi connectivity index (χ1v) is 10.3. The Kier molecular flexibility index (Phi) is 7.31. The molecule has 128 valence electrons. The SMILES string of the molecule is [B][C@@H]1C[C@H](CCP(=O)(O)O)[C@@H](OP(=O)(O)OC(C)C)[C@H]1OC. The van der Waals surface area contributed by atoms with E-state index in [1.807, 2.05) is 0 Å². The predicted molar refractivity (Wildman–Crippen MR) is 80.9 cm³/mol. The summed E-state index contributed by atoms with van der Waals surface area (Å²) in [6.07, 6.45) is -1.86. The molecule has 0 amide bonds. The minimum Gasteiger partial charge on any atom is -0.379 e. The lowest BCUT2D eigenvalue weighted by molar-refractivity contribution is -0.0169. The minimum absolute atomic E-state index is 0.115. The first kappa shape index (κ1) is 20.3. The van der Waals surface area contributed by atoms with Crippen LogP contribution < -0.4 is 0 Å². The van der Waals surface area contributed by atoms with Crippen molar-refractivity contribution in [3.05, 3.63) is 0 Å². The Morgan fingerprint density at radius 3 is 2.27 bits per heavy atom. The van der Waals surface area contributed by atoms with Crippen molar-refractivity contribution in [1.29, 1.82) is 0 Å².